The molecule has 202 valence electrons. The summed E-state index contributed by atoms with van der Waals surface area (Å²) in [6, 6.07) is 14.7. The van der Waals surface area contributed by atoms with Crippen molar-refractivity contribution in [1.82, 2.24) is 24.8 Å². The van der Waals surface area contributed by atoms with Crippen molar-refractivity contribution in [3.05, 3.63) is 78.4 Å². The molecular formula is C29H25ClN6O4. The number of methoxy groups -OCH3 is 1. The van der Waals surface area contributed by atoms with E-state index in [2.05, 4.69) is 31.8 Å². The van der Waals surface area contributed by atoms with Gasteiger partial charge in [-0.1, -0.05) is 18.2 Å². The molecule has 1 fully saturated rings. The lowest BCUT2D eigenvalue weighted by Crippen LogP contribution is -2.55. The van der Waals surface area contributed by atoms with Crippen molar-refractivity contribution in [3.63, 3.8) is 0 Å². The van der Waals surface area contributed by atoms with Crippen molar-refractivity contribution in [3.8, 4) is 23.0 Å². The van der Waals surface area contributed by atoms with Gasteiger partial charge in [0.1, 0.15) is 35.6 Å². The quantitative estimate of drug-likeness (QED) is 0.231. The first-order valence-electron chi connectivity index (χ1n) is 12.5. The van der Waals surface area contributed by atoms with E-state index in [0.717, 1.165) is 22.2 Å². The number of likely N-dealkylation sites (tertiary alicyclic amines) is 1. The summed E-state index contributed by atoms with van der Waals surface area (Å²) in [6.07, 6.45) is 2.62. The summed E-state index contributed by atoms with van der Waals surface area (Å²) in [6.45, 7) is 6.39. The zero-order valence-corrected chi connectivity index (χ0v) is 22.5. The highest BCUT2D eigenvalue weighted by Crippen LogP contribution is 2.37. The van der Waals surface area contributed by atoms with Crippen LogP contribution in [0.1, 0.15) is 5.82 Å². The lowest BCUT2D eigenvalue weighted by molar-refractivity contribution is -0.134. The summed E-state index contributed by atoms with van der Waals surface area (Å²) in [7, 11) is 1.57. The second-order valence-electron chi connectivity index (χ2n) is 9.30. The Morgan fingerprint density at radius 3 is 2.73 bits per heavy atom. The van der Waals surface area contributed by atoms with Crippen LogP contribution in [0.15, 0.2) is 67.5 Å². The third-order valence-electron chi connectivity index (χ3n) is 6.54. The number of H-pyrrole nitrogens is 1. The van der Waals surface area contributed by atoms with E-state index in [4.69, 9.17) is 25.8 Å². The van der Waals surface area contributed by atoms with E-state index in [-0.39, 0.29) is 12.0 Å². The molecule has 0 aliphatic carbocycles. The maximum Gasteiger partial charge on any atom is 0.246 e. The fourth-order valence-electron chi connectivity index (χ4n) is 4.52. The summed E-state index contributed by atoms with van der Waals surface area (Å²) >= 11 is 6.59. The second-order valence-corrected chi connectivity index (χ2v) is 9.71. The molecule has 1 saturated heterocycles. The fourth-order valence-corrected chi connectivity index (χ4v) is 4.74. The molecule has 1 amide bonds. The lowest BCUT2D eigenvalue weighted by atomic mass is 10.1. The molecule has 2 aromatic heterocycles. The fraction of sp³-hybridized carbons (Fsp3) is 0.172. The average Bonchev–Trinajstić information content (AvgIpc) is 3.30. The van der Waals surface area contributed by atoms with Gasteiger partial charge >= 0.3 is 0 Å². The smallest absolute Gasteiger partial charge is 0.246 e. The van der Waals surface area contributed by atoms with Crippen LogP contribution in [0.5, 0.6) is 23.0 Å². The number of benzene rings is 3. The molecule has 5 aromatic rings. The van der Waals surface area contributed by atoms with E-state index < -0.39 is 0 Å². The number of hydrogen-bond donors (Lipinski definition) is 2. The predicted molar refractivity (Wildman–Crippen MR) is 153 cm³/mol. The Balaban J connectivity index is 1.22. The summed E-state index contributed by atoms with van der Waals surface area (Å²) in [5.41, 5.74) is 3.15. The number of imidazole rings is 1. The van der Waals surface area contributed by atoms with Gasteiger partial charge in [0.2, 0.25) is 5.91 Å². The number of amides is 1. The molecule has 40 heavy (non-hydrogen) atoms. The lowest BCUT2D eigenvalue weighted by Gasteiger charge is -2.38. The predicted octanol–water partition coefficient (Wildman–Crippen LogP) is 5.79. The minimum Gasteiger partial charge on any atom is -0.493 e. The van der Waals surface area contributed by atoms with Crippen LogP contribution in [-0.2, 0) is 4.79 Å². The number of aromatic nitrogens is 4. The molecule has 11 heteroatoms. The molecular weight excluding hydrogens is 532 g/mol. The Hall–Kier alpha value is -4.83. The van der Waals surface area contributed by atoms with Crippen LogP contribution in [0.2, 0.25) is 5.02 Å². The van der Waals surface area contributed by atoms with E-state index >= 15 is 0 Å². The number of anilines is 2. The standard InChI is InChI=1S/C29H25ClN6O4/c1-4-28(37)36-13-19(14-36)40-27-11-20-23(12-26(27)38-3)31-15-32-29(20)35-17-5-8-25(21(30)9-17)39-18-6-7-22-24(10-18)34-16(2)33-22/h4-12,15,19H,1,13-14H2,2-3H3,(H,33,34)(H,31,32,35). The number of rotatable bonds is 8. The SMILES string of the molecule is C=CC(=O)N1CC(Oc2cc3c(Nc4ccc(Oc5ccc6nc(C)[nH]c6c5)c(Cl)c4)ncnc3cc2OC)C1. The number of aryl methyl sites for hydroxylation is 1. The van der Waals surface area contributed by atoms with Gasteiger partial charge in [0.25, 0.3) is 0 Å². The van der Waals surface area contributed by atoms with Gasteiger partial charge in [-0.25, -0.2) is 15.0 Å². The number of fused-ring (bicyclic) bond motifs is 2. The van der Waals surface area contributed by atoms with Crippen LogP contribution in [0.3, 0.4) is 0 Å². The first kappa shape index (κ1) is 25.4. The van der Waals surface area contributed by atoms with Crippen molar-refractivity contribution in [2.45, 2.75) is 13.0 Å². The molecule has 3 aromatic carbocycles. The number of nitrogens with zero attached hydrogens (tertiary/aromatic N) is 4. The molecule has 2 N–H and O–H groups in total. The van der Waals surface area contributed by atoms with Crippen molar-refractivity contribution in [2.24, 2.45) is 0 Å². The number of aromatic amines is 1. The molecule has 0 atom stereocenters. The van der Waals surface area contributed by atoms with E-state index in [9.17, 15) is 4.79 Å². The Labute approximate surface area is 234 Å². The number of halogens is 1. The molecule has 1 aliphatic heterocycles. The maximum atomic E-state index is 11.8. The van der Waals surface area contributed by atoms with Gasteiger partial charge in [-0.2, -0.15) is 0 Å². The number of carbonyl (C=O) groups is 1. The van der Waals surface area contributed by atoms with Crippen LogP contribution < -0.4 is 19.5 Å². The zero-order valence-electron chi connectivity index (χ0n) is 21.8. The second kappa shape index (κ2) is 10.4. The summed E-state index contributed by atoms with van der Waals surface area (Å²) in [5.74, 6) is 3.53. The number of carbonyl (C=O) groups excluding carboxylic acids is 1. The van der Waals surface area contributed by atoms with Gasteiger partial charge in [0.15, 0.2) is 11.5 Å². The highest BCUT2D eigenvalue weighted by molar-refractivity contribution is 6.32. The molecule has 3 heterocycles. The largest absolute Gasteiger partial charge is 0.493 e. The maximum absolute atomic E-state index is 11.8. The number of hydrogen-bond acceptors (Lipinski definition) is 8. The first-order valence-corrected chi connectivity index (χ1v) is 12.9. The third-order valence-corrected chi connectivity index (χ3v) is 6.84. The van der Waals surface area contributed by atoms with Gasteiger partial charge in [0, 0.05) is 23.2 Å². The molecule has 0 saturated carbocycles. The molecule has 10 nitrogen and oxygen atoms in total. The first-order chi connectivity index (χ1) is 19.4. The van der Waals surface area contributed by atoms with E-state index in [1.165, 1.54) is 12.4 Å². The number of ether oxygens (including phenoxy) is 3. The van der Waals surface area contributed by atoms with E-state index in [0.29, 0.717) is 58.1 Å². The molecule has 0 radical (unpaired) electrons. The molecule has 6 rings (SSSR count). The summed E-state index contributed by atoms with van der Waals surface area (Å²) in [5, 5.41) is 4.48. The zero-order chi connectivity index (χ0) is 27.8. The van der Waals surface area contributed by atoms with Crippen LogP contribution >= 0.6 is 11.6 Å². The Kier molecular flexibility index (Phi) is 6.61. The Morgan fingerprint density at radius 2 is 1.95 bits per heavy atom. The molecule has 1 aliphatic rings. The van der Waals surface area contributed by atoms with Gasteiger partial charge in [-0.15, -0.1) is 0 Å². The number of nitrogens with one attached hydrogen (secondary N) is 2. The molecule has 0 spiro atoms. The van der Waals surface area contributed by atoms with Crippen LogP contribution in [0.4, 0.5) is 11.5 Å². The summed E-state index contributed by atoms with van der Waals surface area (Å²) in [4.78, 5) is 29.9. The van der Waals surface area contributed by atoms with E-state index in [1.807, 2.05) is 37.3 Å². The van der Waals surface area contributed by atoms with Crippen LogP contribution in [0.25, 0.3) is 21.9 Å². The highest BCUT2D eigenvalue weighted by Gasteiger charge is 2.31. The van der Waals surface area contributed by atoms with Crippen molar-refractivity contribution < 1.29 is 19.0 Å². The van der Waals surface area contributed by atoms with Crippen molar-refractivity contribution in [1.29, 1.82) is 0 Å². The molecule has 0 unspecified atom stereocenters. The average molecular weight is 557 g/mol. The van der Waals surface area contributed by atoms with E-state index in [1.54, 1.807) is 30.2 Å². The Bertz CT molecular complexity index is 1770. The summed E-state index contributed by atoms with van der Waals surface area (Å²) < 4.78 is 17.7. The normalized spacial score (nSPS) is 13.2. The van der Waals surface area contributed by atoms with Gasteiger partial charge in [-0.3, -0.25) is 4.79 Å². The van der Waals surface area contributed by atoms with Crippen molar-refractivity contribution >= 4 is 50.9 Å². The minimum absolute atomic E-state index is 0.116. The van der Waals surface area contributed by atoms with Crippen molar-refractivity contribution in [2.75, 3.05) is 25.5 Å². The third kappa shape index (κ3) is 4.96. The molecule has 0 bridgehead atoms. The monoisotopic (exact) mass is 556 g/mol. The van der Waals surface area contributed by atoms with Gasteiger partial charge in [-0.05, 0) is 49.4 Å². The van der Waals surface area contributed by atoms with Gasteiger partial charge < -0.3 is 29.4 Å². The Morgan fingerprint density at radius 1 is 1.10 bits per heavy atom. The van der Waals surface area contributed by atoms with Gasteiger partial charge in [0.05, 0.1) is 41.8 Å². The topological polar surface area (TPSA) is 114 Å². The minimum atomic E-state index is -0.152. The highest BCUT2D eigenvalue weighted by atomic mass is 35.5. The van der Waals surface area contributed by atoms with Crippen LogP contribution in [0, 0.1) is 6.92 Å². The van der Waals surface area contributed by atoms with Crippen LogP contribution in [-0.4, -0.2) is 57.0 Å².